The van der Waals surface area contributed by atoms with E-state index in [1.54, 1.807) is 18.2 Å². The van der Waals surface area contributed by atoms with Crippen LogP contribution in [0.3, 0.4) is 0 Å². The third-order valence-corrected chi connectivity index (χ3v) is 5.27. The van der Waals surface area contributed by atoms with Gasteiger partial charge >= 0.3 is 5.97 Å². The second-order valence-electron chi connectivity index (χ2n) is 8.10. The molecule has 1 aliphatic rings. The Morgan fingerprint density at radius 3 is 2.81 bits per heavy atom. The van der Waals surface area contributed by atoms with E-state index in [1.165, 1.54) is 5.56 Å². The van der Waals surface area contributed by atoms with Crippen LogP contribution < -0.4 is 4.74 Å². The Bertz CT molecular complexity index is 1180. The lowest BCUT2D eigenvalue weighted by Gasteiger charge is -2.17. The first-order chi connectivity index (χ1) is 15.4. The molecule has 1 aromatic heterocycles. The third-order valence-electron chi connectivity index (χ3n) is 5.27. The van der Waals surface area contributed by atoms with Crippen molar-refractivity contribution < 1.29 is 19.2 Å². The highest BCUT2D eigenvalue weighted by molar-refractivity contribution is 5.69. The molecule has 0 unspecified atom stereocenters. The lowest BCUT2D eigenvalue weighted by molar-refractivity contribution is -0.138. The van der Waals surface area contributed by atoms with Gasteiger partial charge in [0, 0.05) is 17.7 Å². The van der Waals surface area contributed by atoms with Crippen LogP contribution in [0.4, 0.5) is 0 Å². The summed E-state index contributed by atoms with van der Waals surface area (Å²) in [6.45, 7) is 5.22. The van der Waals surface area contributed by atoms with E-state index < -0.39 is 5.97 Å². The average molecular weight is 432 g/mol. The van der Waals surface area contributed by atoms with Gasteiger partial charge < -0.3 is 14.4 Å². The van der Waals surface area contributed by atoms with Crippen LogP contribution in [0.1, 0.15) is 37.0 Å². The van der Waals surface area contributed by atoms with Gasteiger partial charge in [0.05, 0.1) is 18.2 Å². The predicted molar refractivity (Wildman–Crippen MR) is 117 cm³/mol. The van der Waals surface area contributed by atoms with Gasteiger partial charge in [0.15, 0.2) is 0 Å². The van der Waals surface area contributed by atoms with E-state index in [4.69, 9.17) is 14.4 Å². The van der Waals surface area contributed by atoms with Crippen LogP contribution in [0.5, 0.6) is 5.75 Å². The topological polar surface area (TPSA) is 112 Å². The minimum atomic E-state index is -0.812. The van der Waals surface area contributed by atoms with Crippen LogP contribution in [-0.4, -0.2) is 45.3 Å². The van der Waals surface area contributed by atoms with Crippen molar-refractivity contribution in [1.82, 2.24) is 15.0 Å². The van der Waals surface area contributed by atoms with Crippen molar-refractivity contribution in [3.63, 3.8) is 0 Å². The minimum Gasteiger partial charge on any atom is -0.490 e. The van der Waals surface area contributed by atoms with Crippen molar-refractivity contribution in [2.75, 3.05) is 13.1 Å². The summed E-state index contributed by atoms with van der Waals surface area (Å²) in [6.07, 6.45) is 1.72. The molecule has 0 fully saturated rings. The van der Waals surface area contributed by atoms with Gasteiger partial charge in [-0.1, -0.05) is 17.3 Å². The van der Waals surface area contributed by atoms with Gasteiger partial charge in [-0.05, 0) is 68.6 Å². The zero-order chi connectivity index (χ0) is 22.7. The van der Waals surface area contributed by atoms with Gasteiger partial charge in [0.1, 0.15) is 11.8 Å². The standard InChI is InChI=1S/C24H24N4O4/c1-15(2)31-21-8-7-18(11-20(21)12-25)24-26-23(27-32-24)17-5-6-19-13-28(14-22(29)30)9-3-4-16(19)10-17/h5-8,10-11,15H,3-4,9,13-14H2,1-2H3,(H,29,30). The first-order valence-corrected chi connectivity index (χ1v) is 10.5. The third kappa shape index (κ3) is 4.79. The molecule has 0 saturated carbocycles. The fourth-order valence-electron chi connectivity index (χ4n) is 3.86. The summed E-state index contributed by atoms with van der Waals surface area (Å²) < 4.78 is 11.1. The van der Waals surface area contributed by atoms with E-state index in [-0.39, 0.29) is 12.6 Å². The number of rotatable bonds is 6. The summed E-state index contributed by atoms with van der Waals surface area (Å²) in [4.78, 5) is 17.5. The van der Waals surface area contributed by atoms with Crippen molar-refractivity contribution in [2.45, 2.75) is 39.3 Å². The van der Waals surface area contributed by atoms with E-state index in [0.717, 1.165) is 30.5 Å². The van der Waals surface area contributed by atoms with Crippen LogP contribution in [0, 0.1) is 11.3 Å². The maximum atomic E-state index is 11.1. The van der Waals surface area contributed by atoms with Gasteiger partial charge in [-0.2, -0.15) is 10.2 Å². The molecule has 164 valence electrons. The van der Waals surface area contributed by atoms with Crippen molar-refractivity contribution >= 4 is 5.97 Å². The Hall–Kier alpha value is -3.70. The molecule has 0 radical (unpaired) electrons. The molecule has 0 spiro atoms. The highest BCUT2D eigenvalue weighted by atomic mass is 16.5. The van der Waals surface area contributed by atoms with E-state index in [2.05, 4.69) is 22.3 Å². The summed E-state index contributed by atoms with van der Waals surface area (Å²) in [5, 5.41) is 22.7. The molecule has 0 amide bonds. The van der Waals surface area contributed by atoms with E-state index in [0.29, 0.717) is 35.1 Å². The molecular weight excluding hydrogens is 408 g/mol. The number of carboxylic acids is 1. The SMILES string of the molecule is CC(C)Oc1ccc(-c2nc(-c3ccc4c(c3)CCCN(CC(=O)O)C4)no2)cc1C#N. The Kier molecular flexibility index (Phi) is 6.19. The number of aromatic nitrogens is 2. The zero-order valence-electron chi connectivity index (χ0n) is 18.0. The number of aliphatic carboxylic acids is 1. The van der Waals surface area contributed by atoms with E-state index in [1.807, 2.05) is 30.9 Å². The second-order valence-corrected chi connectivity index (χ2v) is 8.10. The van der Waals surface area contributed by atoms with Crippen molar-refractivity contribution in [3.8, 4) is 34.7 Å². The number of fused-ring (bicyclic) bond motifs is 1. The van der Waals surface area contributed by atoms with E-state index >= 15 is 0 Å². The molecule has 8 nitrogen and oxygen atoms in total. The van der Waals surface area contributed by atoms with Gasteiger partial charge in [0.2, 0.25) is 5.82 Å². The molecule has 0 bridgehead atoms. The summed E-state index contributed by atoms with van der Waals surface area (Å²) >= 11 is 0. The molecule has 2 heterocycles. The summed E-state index contributed by atoms with van der Waals surface area (Å²) in [5.74, 6) is 0.507. The molecule has 2 aromatic carbocycles. The number of carboxylic acid groups (broad SMARTS) is 1. The van der Waals surface area contributed by atoms with Gasteiger partial charge in [-0.25, -0.2) is 0 Å². The number of carbonyl (C=O) groups is 1. The summed E-state index contributed by atoms with van der Waals surface area (Å²) in [7, 11) is 0. The van der Waals surface area contributed by atoms with E-state index in [9.17, 15) is 10.1 Å². The first kappa shape index (κ1) is 21.5. The number of benzene rings is 2. The monoisotopic (exact) mass is 432 g/mol. The molecular formula is C24H24N4O4. The largest absolute Gasteiger partial charge is 0.490 e. The lowest BCUT2D eigenvalue weighted by Crippen LogP contribution is -2.29. The quantitative estimate of drug-likeness (QED) is 0.624. The average Bonchev–Trinajstić information content (AvgIpc) is 3.16. The first-order valence-electron chi connectivity index (χ1n) is 10.5. The van der Waals surface area contributed by atoms with Crippen molar-refractivity contribution in [1.29, 1.82) is 5.26 Å². The highest BCUT2D eigenvalue weighted by Gasteiger charge is 2.19. The normalized spacial score (nSPS) is 13.9. The fourth-order valence-corrected chi connectivity index (χ4v) is 3.86. The molecule has 1 aliphatic heterocycles. The fraction of sp³-hybridized carbons (Fsp3) is 0.333. The maximum Gasteiger partial charge on any atom is 0.317 e. The molecule has 3 aromatic rings. The molecule has 4 rings (SSSR count). The Morgan fingerprint density at radius 1 is 1.25 bits per heavy atom. The van der Waals surface area contributed by atoms with Crippen molar-refractivity contribution in [2.24, 2.45) is 0 Å². The molecule has 1 N–H and O–H groups in total. The van der Waals surface area contributed by atoms with Gasteiger partial charge in [-0.15, -0.1) is 0 Å². The number of ether oxygens (including phenoxy) is 1. The van der Waals surface area contributed by atoms with Crippen molar-refractivity contribution in [3.05, 3.63) is 53.1 Å². The van der Waals surface area contributed by atoms with Gasteiger partial charge in [-0.3, -0.25) is 9.69 Å². The lowest BCUT2D eigenvalue weighted by atomic mass is 10.0. The molecule has 32 heavy (non-hydrogen) atoms. The second kappa shape index (κ2) is 9.20. The number of hydrogen-bond acceptors (Lipinski definition) is 7. The summed E-state index contributed by atoms with van der Waals surface area (Å²) in [5.41, 5.74) is 4.19. The number of aryl methyl sites for hydroxylation is 1. The maximum absolute atomic E-state index is 11.1. The van der Waals surface area contributed by atoms with Crippen LogP contribution in [0.25, 0.3) is 22.8 Å². The van der Waals surface area contributed by atoms with Crippen LogP contribution >= 0.6 is 0 Å². The number of nitrogens with zero attached hydrogens (tertiary/aromatic N) is 4. The molecule has 0 atom stereocenters. The Morgan fingerprint density at radius 2 is 2.06 bits per heavy atom. The minimum absolute atomic E-state index is 0.0348. The molecule has 0 saturated heterocycles. The Balaban J connectivity index is 1.57. The zero-order valence-corrected chi connectivity index (χ0v) is 18.0. The van der Waals surface area contributed by atoms with Crippen LogP contribution in [0.2, 0.25) is 0 Å². The predicted octanol–water partition coefficient (Wildman–Crippen LogP) is 3.90. The van der Waals surface area contributed by atoms with Gasteiger partial charge in [0.25, 0.3) is 5.89 Å². The van der Waals surface area contributed by atoms with Crippen LogP contribution in [0.15, 0.2) is 40.9 Å². The summed E-state index contributed by atoms with van der Waals surface area (Å²) in [6, 6.07) is 13.4. The highest BCUT2D eigenvalue weighted by Crippen LogP contribution is 2.29. The number of hydrogen-bond donors (Lipinski definition) is 1. The molecule has 8 heteroatoms. The number of nitriles is 1. The van der Waals surface area contributed by atoms with Crippen LogP contribution in [-0.2, 0) is 17.8 Å². The smallest absolute Gasteiger partial charge is 0.317 e. The molecule has 0 aliphatic carbocycles. The Labute approximate surface area is 186 Å².